The highest BCUT2D eigenvalue weighted by Crippen LogP contribution is 2.20. The van der Waals surface area contributed by atoms with Crippen LogP contribution in [0, 0.1) is 0 Å². The summed E-state index contributed by atoms with van der Waals surface area (Å²) in [6, 6.07) is 7.10. The molecule has 0 aromatic heterocycles. The molecule has 1 heterocycles. The summed E-state index contributed by atoms with van der Waals surface area (Å²) in [5.74, 6) is 0.0210. The first-order valence-electron chi connectivity index (χ1n) is 5.72. The van der Waals surface area contributed by atoms with Crippen LogP contribution in [0.1, 0.15) is 20.3 Å². The van der Waals surface area contributed by atoms with Gasteiger partial charge in [0.1, 0.15) is 5.71 Å². The minimum atomic E-state index is -0.392. The van der Waals surface area contributed by atoms with E-state index in [-0.39, 0.29) is 12.4 Å². The fourth-order valence-corrected chi connectivity index (χ4v) is 1.76. The molecule has 1 aliphatic heterocycles. The molecule has 0 atom stereocenters. The van der Waals surface area contributed by atoms with Gasteiger partial charge in [-0.2, -0.15) is 5.10 Å². The molecule has 4 nitrogen and oxygen atoms in total. The molecule has 1 N–H and O–H groups in total. The number of hydrogen-bond donors (Lipinski definition) is 1. The Morgan fingerprint density at radius 1 is 1.33 bits per heavy atom. The molecule has 1 aromatic rings. The van der Waals surface area contributed by atoms with E-state index >= 15 is 0 Å². The first-order chi connectivity index (χ1) is 8.46. The standard InChI is InChI=1S/C13H15ClN2O2/c1-13(2)7-12(17)11(8-18-13)16-15-10-5-3-9(14)4-6-10/h3-6,15H,7-8H2,1-2H3/b16-11+. The second-order valence-corrected chi connectivity index (χ2v) is 5.26. The lowest BCUT2D eigenvalue weighted by Crippen LogP contribution is -2.40. The number of carbonyl (C=O) groups excluding carboxylic acids is 1. The number of nitrogens with zero attached hydrogens (tertiary/aromatic N) is 1. The minimum absolute atomic E-state index is 0.0210. The summed E-state index contributed by atoms with van der Waals surface area (Å²) in [6.07, 6.45) is 0.355. The van der Waals surface area contributed by atoms with Gasteiger partial charge in [-0.3, -0.25) is 10.2 Å². The molecule has 5 heteroatoms. The second kappa shape index (κ2) is 5.08. The maximum atomic E-state index is 11.8. The third-order valence-electron chi connectivity index (χ3n) is 2.67. The summed E-state index contributed by atoms with van der Waals surface area (Å²) in [5.41, 5.74) is 3.64. The average Bonchev–Trinajstić information content (AvgIpc) is 2.29. The average molecular weight is 267 g/mol. The van der Waals surface area contributed by atoms with E-state index in [0.29, 0.717) is 17.2 Å². The molecule has 18 heavy (non-hydrogen) atoms. The molecule has 0 bridgehead atoms. The van der Waals surface area contributed by atoms with Crippen molar-refractivity contribution in [3.8, 4) is 0 Å². The Kier molecular flexibility index (Phi) is 3.68. The van der Waals surface area contributed by atoms with Crippen LogP contribution in [0.5, 0.6) is 0 Å². The first-order valence-corrected chi connectivity index (χ1v) is 6.09. The lowest BCUT2D eigenvalue weighted by molar-refractivity contribution is -0.122. The molecular weight excluding hydrogens is 252 g/mol. The lowest BCUT2D eigenvalue weighted by Gasteiger charge is -2.29. The van der Waals surface area contributed by atoms with Crippen LogP contribution >= 0.6 is 11.6 Å². The number of benzene rings is 1. The van der Waals surface area contributed by atoms with Gasteiger partial charge in [-0.25, -0.2) is 0 Å². The number of nitrogens with one attached hydrogen (secondary N) is 1. The van der Waals surface area contributed by atoms with Crippen molar-refractivity contribution in [1.29, 1.82) is 0 Å². The van der Waals surface area contributed by atoms with E-state index in [1.807, 2.05) is 13.8 Å². The Hall–Kier alpha value is -1.39. The molecule has 96 valence electrons. The molecule has 0 saturated carbocycles. The maximum Gasteiger partial charge on any atom is 0.184 e. The van der Waals surface area contributed by atoms with Crippen LogP contribution in [0.2, 0.25) is 5.02 Å². The van der Waals surface area contributed by atoms with E-state index in [0.717, 1.165) is 5.69 Å². The van der Waals surface area contributed by atoms with Crippen LogP contribution in [0.25, 0.3) is 0 Å². The van der Waals surface area contributed by atoms with Crippen molar-refractivity contribution in [3.05, 3.63) is 29.3 Å². The number of hydrazone groups is 1. The fourth-order valence-electron chi connectivity index (χ4n) is 1.64. The smallest absolute Gasteiger partial charge is 0.184 e. The minimum Gasteiger partial charge on any atom is -0.369 e. The van der Waals surface area contributed by atoms with Crippen molar-refractivity contribution in [3.63, 3.8) is 0 Å². The molecule has 0 aliphatic carbocycles. The molecule has 1 fully saturated rings. The number of ketones is 1. The summed E-state index contributed by atoms with van der Waals surface area (Å²) in [5, 5.41) is 4.74. The zero-order chi connectivity index (χ0) is 13.2. The number of halogens is 1. The van der Waals surface area contributed by atoms with Gasteiger partial charge in [0.25, 0.3) is 0 Å². The predicted molar refractivity (Wildman–Crippen MR) is 72.2 cm³/mol. The number of Topliss-reactive ketones (excluding diaryl/α,β-unsaturated/α-hetero) is 1. The van der Waals surface area contributed by atoms with Gasteiger partial charge in [-0.1, -0.05) is 11.6 Å². The molecule has 1 aliphatic rings. The quantitative estimate of drug-likeness (QED) is 0.838. The van der Waals surface area contributed by atoms with Gasteiger partial charge < -0.3 is 4.74 Å². The van der Waals surface area contributed by atoms with Gasteiger partial charge in [0, 0.05) is 11.4 Å². The fraction of sp³-hybridized carbons (Fsp3) is 0.385. The van der Waals surface area contributed by atoms with Crippen LogP contribution in [0.3, 0.4) is 0 Å². The monoisotopic (exact) mass is 266 g/mol. The van der Waals surface area contributed by atoms with E-state index in [1.54, 1.807) is 24.3 Å². The number of ether oxygens (including phenoxy) is 1. The summed E-state index contributed by atoms with van der Waals surface area (Å²) < 4.78 is 5.54. The highest BCUT2D eigenvalue weighted by molar-refractivity contribution is 6.41. The van der Waals surface area contributed by atoms with E-state index in [9.17, 15) is 4.79 Å². The van der Waals surface area contributed by atoms with Crippen molar-refractivity contribution < 1.29 is 9.53 Å². The Morgan fingerprint density at radius 3 is 2.61 bits per heavy atom. The zero-order valence-corrected chi connectivity index (χ0v) is 11.1. The highest BCUT2D eigenvalue weighted by Gasteiger charge is 2.31. The van der Waals surface area contributed by atoms with E-state index in [1.165, 1.54) is 0 Å². The first kappa shape index (κ1) is 13.1. The second-order valence-electron chi connectivity index (χ2n) is 4.83. The number of rotatable bonds is 2. The van der Waals surface area contributed by atoms with Crippen molar-refractivity contribution >= 4 is 28.8 Å². The molecule has 2 rings (SSSR count). The highest BCUT2D eigenvalue weighted by atomic mass is 35.5. The largest absolute Gasteiger partial charge is 0.369 e. The lowest BCUT2D eigenvalue weighted by atomic mass is 9.96. The van der Waals surface area contributed by atoms with Crippen molar-refractivity contribution in [2.75, 3.05) is 12.0 Å². The van der Waals surface area contributed by atoms with E-state index in [4.69, 9.17) is 16.3 Å². The Labute approximate surface area is 111 Å². The third kappa shape index (κ3) is 3.31. The van der Waals surface area contributed by atoms with Crippen molar-refractivity contribution in [2.24, 2.45) is 5.10 Å². The molecular formula is C13H15ClN2O2. The van der Waals surface area contributed by atoms with Crippen molar-refractivity contribution in [1.82, 2.24) is 0 Å². The van der Waals surface area contributed by atoms with E-state index in [2.05, 4.69) is 10.5 Å². The van der Waals surface area contributed by atoms with Crippen LogP contribution in [-0.4, -0.2) is 23.7 Å². The van der Waals surface area contributed by atoms with Crippen LogP contribution < -0.4 is 5.43 Å². The molecule has 1 saturated heterocycles. The van der Waals surface area contributed by atoms with Gasteiger partial charge in [0.05, 0.1) is 17.9 Å². The number of carbonyl (C=O) groups is 1. The SMILES string of the molecule is CC1(C)CC(=O)/C(=N/Nc2ccc(Cl)cc2)CO1. The summed E-state index contributed by atoms with van der Waals surface area (Å²) >= 11 is 5.78. The van der Waals surface area contributed by atoms with Gasteiger partial charge in [0.2, 0.25) is 0 Å². The zero-order valence-electron chi connectivity index (χ0n) is 10.4. The van der Waals surface area contributed by atoms with Crippen LogP contribution in [-0.2, 0) is 9.53 Å². The van der Waals surface area contributed by atoms with Gasteiger partial charge in [-0.05, 0) is 38.1 Å². The summed E-state index contributed by atoms with van der Waals surface area (Å²) in [4.78, 5) is 11.8. The Balaban J connectivity index is 2.02. The molecule has 0 spiro atoms. The summed E-state index contributed by atoms with van der Waals surface area (Å²) in [7, 11) is 0. The van der Waals surface area contributed by atoms with Gasteiger partial charge in [0.15, 0.2) is 5.78 Å². The Morgan fingerprint density at radius 2 is 2.00 bits per heavy atom. The molecule has 1 aromatic carbocycles. The van der Waals surface area contributed by atoms with Crippen molar-refractivity contribution in [2.45, 2.75) is 25.9 Å². The predicted octanol–water partition coefficient (Wildman–Crippen LogP) is 2.88. The van der Waals surface area contributed by atoms with Gasteiger partial charge in [-0.15, -0.1) is 0 Å². The van der Waals surface area contributed by atoms with Crippen LogP contribution in [0.4, 0.5) is 5.69 Å². The maximum absolute atomic E-state index is 11.8. The topological polar surface area (TPSA) is 50.7 Å². The molecule has 0 amide bonds. The normalized spacial score (nSPS) is 21.1. The summed E-state index contributed by atoms with van der Waals surface area (Å²) in [6.45, 7) is 4.04. The van der Waals surface area contributed by atoms with Gasteiger partial charge >= 0.3 is 0 Å². The molecule has 0 unspecified atom stereocenters. The number of hydrogen-bond acceptors (Lipinski definition) is 4. The molecule has 0 radical (unpaired) electrons. The van der Waals surface area contributed by atoms with Crippen LogP contribution in [0.15, 0.2) is 29.4 Å². The van der Waals surface area contributed by atoms with E-state index < -0.39 is 5.60 Å². The number of anilines is 1. The third-order valence-corrected chi connectivity index (χ3v) is 2.92. The Bertz CT molecular complexity index is 480.